The molecular weight excluding hydrogens is 250 g/mol. The zero-order valence-corrected chi connectivity index (χ0v) is 9.94. The van der Waals surface area contributed by atoms with Crippen LogP contribution in [0.25, 0.3) is 0 Å². The van der Waals surface area contributed by atoms with Crippen molar-refractivity contribution < 1.29 is 0 Å². The van der Waals surface area contributed by atoms with Crippen molar-refractivity contribution in [2.24, 2.45) is 0 Å². The van der Waals surface area contributed by atoms with Gasteiger partial charge in [-0.15, -0.1) is 10.2 Å². The van der Waals surface area contributed by atoms with Crippen molar-refractivity contribution in [2.75, 3.05) is 11.4 Å². The summed E-state index contributed by atoms with van der Waals surface area (Å²) in [5.41, 5.74) is 0. The van der Waals surface area contributed by atoms with Gasteiger partial charge < -0.3 is 4.90 Å². The molecule has 1 aliphatic rings. The lowest BCUT2D eigenvalue weighted by atomic mass is 10.2. The smallest absolute Gasteiger partial charge is 0.209 e. The summed E-state index contributed by atoms with van der Waals surface area (Å²) in [6.07, 6.45) is 3.79. The second-order valence-corrected chi connectivity index (χ2v) is 5.47. The van der Waals surface area contributed by atoms with Gasteiger partial charge >= 0.3 is 0 Å². The first kappa shape index (κ1) is 9.40. The molecule has 1 unspecified atom stereocenters. The molecule has 1 saturated heterocycles. The normalized spacial score (nSPS) is 22.6. The molecule has 1 aliphatic heterocycles. The third kappa shape index (κ3) is 1.86. The van der Waals surface area contributed by atoms with Crippen LogP contribution in [0, 0.1) is 0 Å². The Hall–Kier alpha value is -0.160. The summed E-state index contributed by atoms with van der Waals surface area (Å²) in [4.78, 5) is 2.38. The highest BCUT2D eigenvalue weighted by Gasteiger charge is 2.25. The van der Waals surface area contributed by atoms with E-state index in [1.54, 1.807) is 11.3 Å². The van der Waals surface area contributed by atoms with Gasteiger partial charge in [0.1, 0.15) is 0 Å². The van der Waals surface area contributed by atoms with Gasteiger partial charge in [-0.2, -0.15) is 0 Å². The lowest BCUT2D eigenvalue weighted by molar-refractivity contribution is 0.642. The van der Waals surface area contributed by atoms with Gasteiger partial charge in [0.25, 0.3) is 0 Å². The van der Waals surface area contributed by atoms with Gasteiger partial charge in [0.05, 0.1) is 0 Å². The first-order valence-corrected chi connectivity index (χ1v) is 6.18. The summed E-state index contributed by atoms with van der Waals surface area (Å²) < 4.78 is 0.879. The molecule has 0 radical (unpaired) electrons. The van der Waals surface area contributed by atoms with E-state index in [1.165, 1.54) is 19.3 Å². The van der Waals surface area contributed by atoms with Crippen molar-refractivity contribution in [1.82, 2.24) is 10.2 Å². The molecular formula is C8H12BrN3S. The minimum absolute atomic E-state index is 0.680. The molecule has 0 aliphatic carbocycles. The van der Waals surface area contributed by atoms with Crippen LogP contribution in [0.3, 0.4) is 0 Å². The topological polar surface area (TPSA) is 29.0 Å². The molecule has 3 nitrogen and oxygen atoms in total. The van der Waals surface area contributed by atoms with Crippen molar-refractivity contribution >= 4 is 32.4 Å². The highest BCUT2D eigenvalue weighted by Crippen LogP contribution is 2.31. The maximum Gasteiger partial charge on any atom is 0.209 e. The summed E-state index contributed by atoms with van der Waals surface area (Å²) in [5, 5.41) is 9.18. The Morgan fingerprint density at radius 1 is 1.62 bits per heavy atom. The minimum atomic E-state index is 0.680. The van der Waals surface area contributed by atoms with Crippen LogP contribution in [-0.4, -0.2) is 22.8 Å². The van der Waals surface area contributed by atoms with Crippen LogP contribution in [0.4, 0.5) is 5.13 Å². The van der Waals surface area contributed by atoms with Crippen LogP contribution in [0.1, 0.15) is 26.2 Å². The predicted octanol–water partition coefficient (Wildman–Crippen LogP) is 2.68. The second-order valence-electron chi connectivity index (χ2n) is 3.24. The molecule has 0 N–H and O–H groups in total. The first-order valence-electron chi connectivity index (χ1n) is 4.57. The van der Waals surface area contributed by atoms with Gasteiger partial charge in [-0.1, -0.05) is 18.3 Å². The van der Waals surface area contributed by atoms with E-state index in [4.69, 9.17) is 0 Å². The Balaban J connectivity index is 2.15. The molecule has 2 rings (SSSR count). The van der Waals surface area contributed by atoms with Crippen LogP contribution < -0.4 is 4.90 Å². The van der Waals surface area contributed by atoms with Crippen LogP contribution in [0.15, 0.2) is 3.92 Å². The van der Waals surface area contributed by atoms with Crippen molar-refractivity contribution in [1.29, 1.82) is 0 Å². The molecule has 13 heavy (non-hydrogen) atoms. The SMILES string of the molecule is CCC1CCCN1c1nnc(Br)s1. The van der Waals surface area contributed by atoms with E-state index in [9.17, 15) is 0 Å². The minimum Gasteiger partial charge on any atom is -0.344 e. The van der Waals surface area contributed by atoms with Crippen LogP contribution >= 0.6 is 27.3 Å². The summed E-state index contributed by atoms with van der Waals surface area (Å²) in [6.45, 7) is 3.37. The van der Waals surface area contributed by atoms with E-state index in [0.29, 0.717) is 6.04 Å². The number of anilines is 1. The molecule has 0 bridgehead atoms. The molecule has 1 aromatic rings. The third-order valence-electron chi connectivity index (χ3n) is 2.48. The Morgan fingerprint density at radius 3 is 3.08 bits per heavy atom. The molecule has 5 heteroatoms. The fourth-order valence-electron chi connectivity index (χ4n) is 1.83. The quantitative estimate of drug-likeness (QED) is 0.820. The maximum absolute atomic E-state index is 4.14. The Labute approximate surface area is 90.3 Å². The standard InChI is InChI=1S/C8H12BrN3S/c1-2-6-4-3-5-12(6)8-11-10-7(9)13-8/h6H,2-5H2,1H3. The van der Waals surface area contributed by atoms with Crippen molar-refractivity contribution in [3.8, 4) is 0 Å². The van der Waals surface area contributed by atoms with Gasteiger partial charge in [0.2, 0.25) is 5.13 Å². The van der Waals surface area contributed by atoms with Crippen molar-refractivity contribution in [3.63, 3.8) is 0 Å². The molecule has 0 aromatic carbocycles. The average molecular weight is 262 g/mol. The summed E-state index contributed by atoms with van der Waals surface area (Å²) >= 11 is 4.96. The van der Waals surface area contributed by atoms with E-state index in [2.05, 4.69) is 38.0 Å². The third-order valence-corrected chi connectivity index (χ3v) is 3.88. The predicted molar refractivity (Wildman–Crippen MR) is 58.3 cm³/mol. The maximum atomic E-state index is 4.14. The van der Waals surface area contributed by atoms with E-state index >= 15 is 0 Å². The highest BCUT2D eigenvalue weighted by molar-refractivity contribution is 9.11. The Morgan fingerprint density at radius 2 is 2.46 bits per heavy atom. The zero-order valence-electron chi connectivity index (χ0n) is 7.53. The van der Waals surface area contributed by atoms with Gasteiger partial charge in [0.15, 0.2) is 3.92 Å². The van der Waals surface area contributed by atoms with Crippen LogP contribution in [-0.2, 0) is 0 Å². The van der Waals surface area contributed by atoms with Gasteiger partial charge in [-0.05, 0) is 35.2 Å². The summed E-state index contributed by atoms with van der Waals surface area (Å²) in [5.74, 6) is 0. The fraction of sp³-hybridized carbons (Fsp3) is 0.750. The molecule has 0 spiro atoms. The average Bonchev–Trinajstić information content (AvgIpc) is 2.71. The molecule has 0 saturated carbocycles. The highest BCUT2D eigenvalue weighted by atomic mass is 79.9. The number of halogens is 1. The molecule has 1 aromatic heterocycles. The number of nitrogens with zero attached hydrogens (tertiary/aromatic N) is 3. The largest absolute Gasteiger partial charge is 0.344 e. The fourth-order valence-corrected chi connectivity index (χ4v) is 3.01. The zero-order chi connectivity index (χ0) is 9.26. The van der Waals surface area contributed by atoms with E-state index in [0.717, 1.165) is 15.6 Å². The van der Waals surface area contributed by atoms with E-state index in [1.807, 2.05) is 0 Å². The van der Waals surface area contributed by atoms with E-state index < -0.39 is 0 Å². The summed E-state index contributed by atoms with van der Waals surface area (Å²) in [6, 6.07) is 0.680. The van der Waals surface area contributed by atoms with Gasteiger partial charge in [-0.3, -0.25) is 0 Å². The second kappa shape index (κ2) is 3.92. The van der Waals surface area contributed by atoms with Crippen LogP contribution in [0.2, 0.25) is 0 Å². The van der Waals surface area contributed by atoms with Gasteiger partial charge in [0, 0.05) is 12.6 Å². The molecule has 1 atom stereocenters. The first-order chi connectivity index (χ1) is 6.31. The van der Waals surface area contributed by atoms with Gasteiger partial charge in [-0.25, -0.2) is 0 Å². The molecule has 72 valence electrons. The van der Waals surface area contributed by atoms with Crippen molar-refractivity contribution in [2.45, 2.75) is 32.2 Å². The number of hydrogen-bond acceptors (Lipinski definition) is 4. The lowest BCUT2D eigenvalue weighted by Gasteiger charge is -2.21. The van der Waals surface area contributed by atoms with Crippen LogP contribution in [0.5, 0.6) is 0 Å². The van der Waals surface area contributed by atoms with E-state index in [-0.39, 0.29) is 0 Å². The molecule has 0 amide bonds. The number of rotatable bonds is 2. The Bertz CT molecular complexity index is 289. The molecule has 1 fully saturated rings. The summed E-state index contributed by atoms with van der Waals surface area (Å²) in [7, 11) is 0. The molecule has 2 heterocycles. The monoisotopic (exact) mass is 261 g/mol. The Kier molecular flexibility index (Phi) is 2.83. The lowest BCUT2D eigenvalue weighted by Crippen LogP contribution is -2.28. The van der Waals surface area contributed by atoms with Crippen molar-refractivity contribution in [3.05, 3.63) is 3.92 Å². The number of aromatic nitrogens is 2. The number of hydrogen-bond donors (Lipinski definition) is 0.